The summed E-state index contributed by atoms with van der Waals surface area (Å²) in [7, 11) is 0. The molecule has 0 spiro atoms. The molecule has 1 heterocycles. The number of carboxylic acids is 1. The number of benzene rings is 1. The minimum absolute atomic E-state index is 0.328. The Labute approximate surface area is 118 Å². The Morgan fingerprint density at radius 3 is 2.95 bits per heavy atom. The second kappa shape index (κ2) is 6.52. The van der Waals surface area contributed by atoms with Crippen LogP contribution < -0.4 is 5.32 Å². The van der Waals surface area contributed by atoms with Crippen LogP contribution in [0.25, 0.3) is 10.9 Å². The number of hydrogen-bond donors (Lipinski definition) is 3. The molecule has 0 aliphatic carbocycles. The molecule has 0 saturated carbocycles. The zero-order chi connectivity index (χ0) is 14.5. The van der Waals surface area contributed by atoms with Gasteiger partial charge in [-0.15, -0.1) is 0 Å². The maximum atomic E-state index is 11.2. The van der Waals surface area contributed by atoms with Gasteiger partial charge < -0.3 is 10.4 Å². The van der Waals surface area contributed by atoms with E-state index in [0.29, 0.717) is 25.4 Å². The third-order valence-corrected chi connectivity index (χ3v) is 3.33. The van der Waals surface area contributed by atoms with E-state index in [9.17, 15) is 9.90 Å². The maximum absolute atomic E-state index is 11.2. The molecule has 3 N–H and O–H groups in total. The summed E-state index contributed by atoms with van der Waals surface area (Å²) in [6.45, 7) is 5.25. The third-order valence-electron chi connectivity index (χ3n) is 3.33. The molecule has 0 fully saturated rings. The summed E-state index contributed by atoms with van der Waals surface area (Å²) in [5.41, 5.74) is 2.12. The molecule has 0 saturated heterocycles. The van der Waals surface area contributed by atoms with E-state index in [1.807, 2.05) is 32.0 Å². The van der Waals surface area contributed by atoms with Crippen molar-refractivity contribution in [1.29, 1.82) is 0 Å². The first-order chi connectivity index (χ1) is 9.56. The lowest BCUT2D eigenvalue weighted by molar-refractivity contribution is -0.142. The molecule has 108 valence electrons. The SMILES string of the molecule is CC(C)CC(CNCc1ccc2cn[nH]c2c1)C(=O)O. The quantitative estimate of drug-likeness (QED) is 0.725. The molecule has 5 heteroatoms. The number of nitrogens with zero attached hydrogens (tertiary/aromatic N) is 1. The number of carbonyl (C=O) groups is 1. The molecule has 0 amide bonds. The lowest BCUT2D eigenvalue weighted by atomic mass is 9.97. The fourth-order valence-electron chi connectivity index (χ4n) is 2.33. The standard InChI is InChI=1S/C15H21N3O2/c1-10(2)5-13(15(19)20)8-16-7-11-3-4-12-9-17-18-14(12)6-11/h3-4,6,9-10,13,16H,5,7-8H2,1-2H3,(H,17,18)(H,19,20). The van der Waals surface area contributed by atoms with Crippen molar-refractivity contribution in [3.63, 3.8) is 0 Å². The fraction of sp³-hybridized carbons (Fsp3) is 0.467. The molecular weight excluding hydrogens is 254 g/mol. The molecule has 1 aromatic carbocycles. The van der Waals surface area contributed by atoms with Gasteiger partial charge in [0.05, 0.1) is 17.6 Å². The van der Waals surface area contributed by atoms with Gasteiger partial charge in [-0.3, -0.25) is 9.89 Å². The number of H-pyrrole nitrogens is 1. The number of fused-ring (bicyclic) bond motifs is 1. The predicted molar refractivity (Wildman–Crippen MR) is 78.4 cm³/mol. The Morgan fingerprint density at radius 1 is 1.45 bits per heavy atom. The Kier molecular flexibility index (Phi) is 4.74. The molecule has 0 aliphatic heterocycles. The lowest BCUT2D eigenvalue weighted by Crippen LogP contribution is -2.29. The first kappa shape index (κ1) is 14.5. The largest absolute Gasteiger partial charge is 0.481 e. The summed E-state index contributed by atoms with van der Waals surface area (Å²) in [4.78, 5) is 11.2. The molecule has 5 nitrogen and oxygen atoms in total. The summed E-state index contributed by atoms with van der Waals surface area (Å²) in [6, 6.07) is 6.08. The maximum Gasteiger partial charge on any atom is 0.307 e. The Balaban J connectivity index is 1.89. The summed E-state index contributed by atoms with van der Waals surface area (Å²) in [5.74, 6) is -0.666. The van der Waals surface area contributed by atoms with Gasteiger partial charge in [0.2, 0.25) is 0 Å². The van der Waals surface area contributed by atoms with Crippen molar-refractivity contribution >= 4 is 16.9 Å². The number of rotatable bonds is 7. The van der Waals surface area contributed by atoms with Gasteiger partial charge in [0.1, 0.15) is 0 Å². The van der Waals surface area contributed by atoms with E-state index in [2.05, 4.69) is 15.5 Å². The molecular formula is C15H21N3O2. The Hall–Kier alpha value is -1.88. The highest BCUT2D eigenvalue weighted by atomic mass is 16.4. The van der Waals surface area contributed by atoms with E-state index < -0.39 is 5.97 Å². The van der Waals surface area contributed by atoms with Gasteiger partial charge in [0.25, 0.3) is 0 Å². The zero-order valence-electron chi connectivity index (χ0n) is 11.9. The van der Waals surface area contributed by atoms with Gasteiger partial charge in [-0.1, -0.05) is 26.0 Å². The van der Waals surface area contributed by atoms with Crippen molar-refractivity contribution in [2.75, 3.05) is 6.54 Å². The number of nitrogens with one attached hydrogen (secondary N) is 2. The van der Waals surface area contributed by atoms with Gasteiger partial charge in [0.15, 0.2) is 0 Å². The molecule has 2 rings (SSSR count). The van der Waals surface area contributed by atoms with Crippen LogP contribution in [0.1, 0.15) is 25.8 Å². The Morgan fingerprint density at radius 2 is 2.25 bits per heavy atom. The van der Waals surface area contributed by atoms with Crippen LogP contribution in [0.2, 0.25) is 0 Å². The van der Waals surface area contributed by atoms with E-state index in [0.717, 1.165) is 16.5 Å². The van der Waals surface area contributed by atoms with E-state index >= 15 is 0 Å². The van der Waals surface area contributed by atoms with Crippen LogP contribution >= 0.6 is 0 Å². The zero-order valence-corrected chi connectivity index (χ0v) is 11.9. The van der Waals surface area contributed by atoms with Crippen LogP contribution in [-0.2, 0) is 11.3 Å². The van der Waals surface area contributed by atoms with Crippen molar-refractivity contribution in [2.24, 2.45) is 11.8 Å². The smallest absolute Gasteiger partial charge is 0.307 e. The lowest BCUT2D eigenvalue weighted by Gasteiger charge is -2.15. The normalized spacial score (nSPS) is 12.9. The number of aromatic nitrogens is 2. The minimum Gasteiger partial charge on any atom is -0.481 e. The van der Waals surface area contributed by atoms with Crippen molar-refractivity contribution in [3.05, 3.63) is 30.0 Å². The second-order valence-electron chi connectivity index (χ2n) is 5.59. The van der Waals surface area contributed by atoms with E-state index in [-0.39, 0.29) is 5.92 Å². The van der Waals surface area contributed by atoms with Crippen LogP contribution in [0.15, 0.2) is 24.4 Å². The first-order valence-corrected chi connectivity index (χ1v) is 6.92. The average Bonchev–Trinajstić information content (AvgIpc) is 2.84. The van der Waals surface area contributed by atoms with Gasteiger partial charge in [-0.2, -0.15) is 5.10 Å². The number of hydrogen-bond acceptors (Lipinski definition) is 3. The van der Waals surface area contributed by atoms with E-state index in [1.165, 1.54) is 0 Å². The van der Waals surface area contributed by atoms with E-state index in [1.54, 1.807) is 6.20 Å². The van der Waals surface area contributed by atoms with Crippen molar-refractivity contribution < 1.29 is 9.90 Å². The molecule has 2 aromatic rings. The van der Waals surface area contributed by atoms with Crippen LogP contribution in [-0.4, -0.2) is 27.8 Å². The third kappa shape index (κ3) is 3.81. The van der Waals surface area contributed by atoms with E-state index in [4.69, 9.17) is 0 Å². The highest BCUT2D eigenvalue weighted by Gasteiger charge is 2.18. The summed E-state index contributed by atoms with van der Waals surface area (Å²) in [6.07, 6.45) is 2.48. The van der Waals surface area contributed by atoms with Crippen LogP contribution in [0.3, 0.4) is 0 Å². The average molecular weight is 275 g/mol. The van der Waals surface area contributed by atoms with Gasteiger partial charge >= 0.3 is 5.97 Å². The number of carboxylic acid groups (broad SMARTS) is 1. The molecule has 0 bridgehead atoms. The van der Waals surface area contributed by atoms with Crippen LogP contribution in [0.5, 0.6) is 0 Å². The first-order valence-electron chi connectivity index (χ1n) is 6.92. The van der Waals surface area contributed by atoms with Crippen molar-refractivity contribution in [2.45, 2.75) is 26.8 Å². The summed E-state index contributed by atoms with van der Waals surface area (Å²) < 4.78 is 0. The molecule has 1 atom stereocenters. The molecule has 0 radical (unpaired) electrons. The highest BCUT2D eigenvalue weighted by Crippen LogP contribution is 2.14. The monoisotopic (exact) mass is 275 g/mol. The van der Waals surface area contributed by atoms with Crippen molar-refractivity contribution in [1.82, 2.24) is 15.5 Å². The summed E-state index contributed by atoms with van der Waals surface area (Å²) >= 11 is 0. The summed E-state index contributed by atoms with van der Waals surface area (Å²) in [5, 5.41) is 20.4. The molecule has 0 aliphatic rings. The predicted octanol–water partition coefficient (Wildman–Crippen LogP) is 2.40. The number of aromatic amines is 1. The fourth-order valence-corrected chi connectivity index (χ4v) is 2.33. The number of aliphatic carboxylic acids is 1. The van der Waals surface area contributed by atoms with Crippen LogP contribution in [0.4, 0.5) is 0 Å². The highest BCUT2D eigenvalue weighted by molar-refractivity contribution is 5.78. The minimum atomic E-state index is -0.727. The molecule has 1 aromatic heterocycles. The Bertz CT molecular complexity index is 577. The van der Waals surface area contributed by atoms with Crippen LogP contribution in [0, 0.1) is 11.8 Å². The van der Waals surface area contributed by atoms with Gasteiger partial charge in [-0.25, -0.2) is 0 Å². The van der Waals surface area contributed by atoms with Gasteiger partial charge in [0, 0.05) is 18.5 Å². The van der Waals surface area contributed by atoms with Crippen molar-refractivity contribution in [3.8, 4) is 0 Å². The molecule has 20 heavy (non-hydrogen) atoms. The molecule has 1 unspecified atom stereocenters. The second-order valence-corrected chi connectivity index (χ2v) is 5.59. The van der Waals surface area contributed by atoms with Gasteiger partial charge in [-0.05, 0) is 24.0 Å². The topological polar surface area (TPSA) is 78.0 Å².